The van der Waals surface area contributed by atoms with Crippen molar-refractivity contribution in [2.45, 2.75) is 6.42 Å². The van der Waals surface area contributed by atoms with Crippen LogP contribution in [0.1, 0.15) is 11.1 Å². The minimum absolute atomic E-state index is 0.234. The monoisotopic (exact) mass is 202 g/mol. The zero-order chi connectivity index (χ0) is 10.4. The Kier molecular flexibility index (Phi) is 1.66. The largest absolute Gasteiger partial charge is 0.207 e. The van der Waals surface area contributed by atoms with Crippen LogP contribution in [-0.2, 0) is 6.42 Å². The summed E-state index contributed by atoms with van der Waals surface area (Å²) in [7, 11) is 0. The van der Waals surface area contributed by atoms with Crippen LogP contribution in [0.25, 0.3) is 11.1 Å². The third-order valence-corrected chi connectivity index (χ3v) is 2.81. The van der Waals surface area contributed by atoms with Gasteiger partial charge in [-0.1, -0.05) is 12.1 Å². The lowest BCUT2D eigenvalue weighted by atomic mass is 10.1. The summed E-state index contributed by atoms with van der Waals surface area (Å²) >= 11 is 0. The number of hydrogen-bond donors (Lipinski definition) is 0. The molecule has 2 aromatic carbocycles. The van der Waals surface area contributed by atoms with Crippen LogP contribution in [0, 0.1) is 11.6 Å². The molecule has 0 saturated heterocycles. The molecule has 1 aliphatic carbocycles. The van der Waals surface area contributed by atoms with Crippen molar-refractivity contribution in [1.29, 1.82) is 0 Å². The molecule has 0 unspecified atom stereocenters. The average Bonchev–Trinajstić information content (AvgIpc) is 2.53. The van der Waals surface area contributed by atoms with Crippen molar-refractivity contribution in [2.24, 2.45) is 0 Å². The van der Waals surface area contributed by atoms with Gasteiger partial charge in [-0.25, -0.2) is 8.78 Å². The molecule has 0 nitrogen and oxygen atoms in total. The van der Waals surface area contributed by atoms with E-state index in [1.54, 1.807) is 12.1 Å². The molecule has 0 saturated carbocycles. The minimum atomic E-state index is -0.234. The van der Waals surface area contributed by atoms with Crippen molar-refractivity contribution in [2.75, 3.05) is 0 Å². The van der Waals surface area contributed by atoms with Crippen molar-refractivity contribution in [1.82, 2.24) is 0 Å². The molecule has 0 heterocycles. The van der Waals surface area contributed by atoms with Crippen LogP contribution in [0.3, 0.4) is 0 Å². The SMILES string of the molecule is Fc1ccc2c(c1)Cc1cc(F)ccc1-2. The van der Waals surface area contributed by atoms with Gasteiger partial charge in [0.1, 0.15) is 11.6 Å². The summed E-state index contributed by atoms with van der Waals surface area (Å²) in [5.41, 5.74) is 3.92. The Morgan fingerprint density at radius 2 is 1.20 bits per heavy atom. The normalized spacial score (nSPS) is 12.4. The van der Waals surface area contributed by atoms with E-state index in [0.717, 1.165) is 22.3 Å². The molecule has 2 aromatic rings. The van der Waals surface area contributed by atoms with Crippen molar-refractivity contribution in [3.8, 4) is 11.1 Å². The molecule has 0 fully saturated rings. The molecular formula is C13H8F2. The van der Waals surface area contributed by atoms with Gasteiger partial charge in [-0.15, -0.1) is 0 Å². The number of rotatable bonds is 0. The second kappa shape index (κ2) is 2.89. The maximum absolute atomic E-state index is 13.0. The summed E-state index contributed by atoms with van der Waals surface area (Å²) in [5.74, 6) is -0.468. The van der Waals surface area contributed by atoms with Crippen LogP contribution in [-0.4, -0.2) is 0 Å². The Bertz CT molecular complexity index is 495. The van der Waals surface area contributed by atoms with E-state index in [2.05, 4.69) is 0 Å². The van der Waals surface area contributed by atoms with Crippen LogP contribution < -0.4 is 0 Å². The number of fused-ring (bicyclic) bond motifs is 3. The predicted octanol–water partition coefficient (Wildman–Crippen LogP) is 3.54. The average molecular weight is 202 g/mol. The van der Waals surface area contributed by atoms with Gasteiger partial charge in [0, 0.05) is 0 Å². The van der Waals surface area contributed by atoms with Gasteiger partial charge in [-0.2, -0.15) is 0 Å². The van der Waals surface area contributed by atoms with Crippen LogP contribution in [0.5, 0.6) is 0 Å². The Morgan fingerprint density at radius 1 is 0.733 bits per heavy atom. The highest BCUT2D eigenvalue weighted by molar-refractivity contribution is 5.76. The van der Waals surface area contributed by atoms with Gasteiger partial charge in [0.15, 0.2) is 0 Å². The van der Waals surface area contributed by atoms with Crippen molar-refractivity contribution < 1.29 is 8.78 Å². The standard InChI is InChI=1S/C13H8F2/c14-10-1-3-12-8(6-10)5-9-7-11(15)2-4-13(9)12/h1-4,6-7H,5H2. The number of benzene rings is 2. The first kappa shape index (κ1) is 8.60. The summed E-state index contributed by atoms with van der Waals surface area (Å²) in [6.45, 7) is 0. The van der Waals surface area contributed by atoms with Crippen molar-refractivity contribution >= 4 is 0 Å². The highest BCUT2D eigenvalue weighted by Crippen LogP contribution is 2.36. The van der Waals surface area contributed by atoms with Gasteiger partial charge >= 0.3 is 0 Å². The molecule has 74 valence electrons. The molecule has 0 N–H and O–H groups in total. The second-order valence-corrected chi connectivity index (χ2v) is 3.78. The summed E-state index contributed by atoms with van der Waals surface area (Å²) in [6.07, 6.45) is 0.625. The van der Waals surface area contributed by atoms with Crippen LogP contribution in [0.15, 0.2) is 36.4 Å². The van der Waals surface area contributed by atoms with Crippen LogP contribution in [0.2, 0.25) is 0 Å². The molecule has 3 rings (SSSR count). The van der Waals surface area contributed by atoms with Gasteiger partial charge in [0.05, 0.1) is 0 Å². The van der Waals surface area contributed by atoms with Gasteiger partial charge < -0.3 is 0 Å². The Balaban J connectivity index is 2.24. The van der Waals surface area contributed by atoms with Gasteiger partial charge in [-0.05, 0) is 52.9 Å². The van der Waals surface area contributed by atoms with Gasteiger partial charge in [-0.3, -0.25) is 0 Å². The lowest BCUT2D eigenvalue weighted by Gasteiger charge is -1.99. The molecular weight excluding hydrogens is 194 g/mol. The topological polar surface area (TPSA) is 0 Å². The van der Waals surface area contributed by atoms with Crippen molar-refractivity contribution in [3.05, 3.63) is 59.2 Å². The van der Waals surface area contributed by atoms with Crippen LogP contribution >= 0.6 is 0 Å². The quantitative estimate of drug-likeness (QED) is 0.523. The fourth-order valence-electron chi connectivity index (χ4n) is 2.15. The second-order valence-electron chi connectivity index (χ2n) is 3.78. The molecule has 0 aliphatic heterocycles. The van der Waals surface area contributed by atoms with E-state index in [1.165, 1.54) is 24.3 Å². The summed E-state index contributed by atoms with van der Waals surface area (Å²) in [6, 6.07) is 9.44. The Hall–Kier alpha value is -1.70. The zero-order valence-corrected chi connectivity index (χ0v) is 7.93. The van der Waals surface area contributed by atoms with E-state index in [1.807, 2.05) is 0 Å². The Morgan fingerprint density at radius 3 is 1.67 bits per heavy atom. The smallest absolute Gasteiger partial charge is 0.123 e. The maximum Gasteiger partial charge on any atom is 0.123 e. The first-order chi connectivity index (χ1) is 7.24. The lowest BCUT2D eigenvalue weighted by molar-refractivity contribution is 0.626. The predicted molar refractivity (Wildman–Crippen MR) is 54.6 cm³/mol. The summed E-state index contributed by atoms with van der Waals surface area (Å²) < 4.78 is 26.0. The van der Waals surface area contributed by atoms with Crippen LogP contribution in [0.4, 0.5) is 8.78 Å². The fourth-order valence-corrected chi connectivity index (χ4v) is 2.15. The minimum Gasteiger partial charge on any atom is -0.207 e. The van der Waals surface area contributed by atoms with E-state index in [-0.39, 0.29) is 11.6 Å². The zero-order valence-electron chi connectivity index (χ0n) is 7.93. The maximum atomic E-state index is 13.0. The van der Waals surface area contributed by atoms with Crippen molar-refractivity contribution in [3.63, 3.8) is 0 Å². The third-order valence-electron chi connectivity index (χ3n) is 2.81. The third kappa shape index (κ3) is 1.25. The molecule has 0 spiro atoms. The molecule has 0 atom stereocenters. The molecule has 2 heteroatoms. The summed E-state index contributed by atoms with van der Waals surface area (Å²) in [5, 5.41) is 0. The number of halogens is 2. The van der Waals surface area contributed by atoms with E-state index < -0.39 is 0 Å². The van der Waals surface area contributed by atoms with Gasteiger partial charge in [0.25, 0.3) is 0 Å². The molecule has 0 bridgehead atoms. The van der Waals surface area contributed by atoms with Gasteiger partial charge in [0.2, 0.25) is 0 Å². The van der Waals surface area contributed by atoms with E-state index in [0.29, 0.717) is 6.42 Å². The molecule has 1 aliphatic rings. The Labute approximate surface area is 86.2 Å². The summed E-state index contributed by atoms with van der Waals surface area (Å²) in [4.78, 5) is 0. The van der Waals surface area contributed by atoms with E-state index in [4.69, 9.17) is 0 Å². The first-order valence-electron chi connectivity index (χ1n) is 4.81. The molecule has 0 aromatic heterocycles. The number of hydrogen-bond acceptors (Lipinski definition) is 0. The van der Waals surface area contributed by atoms with E-state index in [9.17, 15) is 8.78 Å². The highest BCUT2D eigenvalue weighted by atomic mass is 19.1. The molecule has 15 heavy (non-hydrogen) atoms. The highest BCUT2D eigenvalue weighted by Gasteiger charge is 2.18. The first-order valence-corrected chi connectivity index (χ1v) is 4.81. The molecule has 0 amide bonds. The fraction of sp³-hybridized carbons (Fsp3) is 0.0769. The van der Waals surface area contributed by atoms with E-state index >= 15 is 0 Å². The lowest BCUT2D eigenvalue weighted by Crippen LogP contribution is -1.82. The molecule has 0 radical (unpaired) electrons.